The maximum atomic E-state index is 13.5. The molecule has 1 N–H and O–H groups in total. The molecular formula is C10H11BrFIO3S. The first-order valence-corrected chi connectivity index (χ1v) is 8.29. The van der Waals surface area contributed by atoms with E-state index in [9.17, 15) is 17.9 Å². The molecule has 0 unspecified atom stereocenters. The molecule has 0 bridgehead atoms. The molecule has 17 heavy (non-hydrogen) atoms. The van der Waals surface area contributed by atoms with E-state index in [4.69, 9.17) is 0 Å². The predicted octanol–water partition coefficient (Wildman–Crippen LogP) is 2.78. The second-order valence-corrected chi connectivity index (χ2v) is 11.5. The second kappa shape index (κ2) is 5.50. The molecule has 0 aromatic heterocycles. The molecule has 0 aliphatic rings. The number of aliphatic hydroxyl groups is 1. The molecule has 1 aromatic rings. The zero-order chi connectivity index (χ0) is 13.3. The van der Waals surface area contributed by atoms with Crippen LogP contribution < -0.4 is 0 Å². The van der Waals surface area contributed by atoms with Gasteiger partial charge in [-0.2, -0.15) is 0 Å². The highest BCUT2D eigenvalue weighted by Gasteiger charge is 2.45. The zero-order valence-electron chi connectivity index (χ0n) is 8.90. The van der Waals surface area contributed by atoms with Crippen LogP contribution in [0.3, 0.4) is 0 Å². The lowest BCUT2D eigenvalue weighted by Crippen LogP contribution is -2.34. The van der Waals surface area contributed by atoms with Crippen molar-refractivity contribution in [3.63, 3.8) is 0 Å². The Morgan fingerprint density at radius 1 is 1.53 bits per heavy atom. The summed E-state index contributed by atoms with van der Waals surface area (Å²) < 4.78 is 35.5. The quantitative estimate of drug-likeness (QED) is 0.583. The van der Waals surface area contributed by atoms with Crippen LogP contribution in [0, 0.1) is 5.82 Å². The maximum absolute atomic E-state index is 13.5. The summed E-state index contributed by atoms with van der Waals surface area (Å²) >= 11 is 4.56. The monoisotopic (exact) mass is 436 g/mol. The summed E-state index contributed by atoms with van der Waals surface area (Å²) in [6.07, 6.45) is -1.48. The molecule has 0 amide bonds. The van der Waals surface area contributed by atoms with E-state index in [1.807, 2.05) is 0 Å². The minimum atomic E-state index is -3.58. The summed E-state index contributed by atoms with van der Waals surface area (Å²) in [6, 6.07) is 5.56. The molecule has 0 radical (unpaired) electrons. The van der Waals surface area contributed by atoms with Crippen LogP contribution in [0.1, 0.15) is 18.6 Å². The second-order valence-electron chi connectivity index (χ2n) is 3.39. The van der Waals surface area contributed by atoms with Gasteiger partial charge in [-0.15, -0.1) is 0 Å². The highest BCUT2D eigenvalue weighted by molar-refractivity contribution is 14.1. The molecule has 96 valence electrons. The van der Waals surface area contributed by atoms with Crippen LogP contribution in [-0.4, -0.2) is 20.9 Å². The Morgan fingerprint density at radius 3 is 2.53 bits per heavy atom. The van der Waals surface area contributed by atoms with Gasteiger partial charge in [0, 0.05) is 11.3 Å². The molecule has 3 nitrogen and oxygen atoms in total. The van der Waals surface area contributed by atoms with E-state index in [-0.39, 0.29) is 11.3 Å². The van der Waals surface area contributed by atoms with Crippen LogP contribution in [0.5, 0.6) is 0 Å². The van der Waals surface area contributed by atoms with Gasteiger partial charge in [-0.25, -0.2) is 12.8 Å². The Morgan fingerprint density at radius 2 is 2.06 bits per heavy atom. The smallest absolute Gasteiger partial charge is 0.207 e. The molecule has 0 heterocycles. The van der Waals surface area contributed by atoms with Gasteiger partial charge in [0.15, 0.2) is 9.84 Å². The minimum Gasteiger partial charge on any atom is -0.385 e. The highest BCUT2D eigenvalue weighted by Crippen LogP contribution is 2.45. The lowest BCUT2D eigenvalue weighted by Gasteiger charge is -2.26. The minimum absolute atomic E-state index is 0.0456. The Balaban J connectivity index is 3.23. The fourth-order valence-corrected chi connectivity index (χ4v) is 4.30. The van der Waals surface area contributed by atoms with Gasteiger partial charge < -0.3 is 5.11 Å². The standard InChI is InChI=1S/C10H11BrFIO3S/c1-2-17(15,16)10(11,13)9(14)7-5-3-4-6-8(7)12/h3-6,9,14H,2H2,1H3/t9-,10-/m1/s1. The average molecular weight is 437 g/mol. The van der Waals surface area contributed by atoms with Gasteiger partial charge in [-0.05, 0) is 28.7 Å². The van der Waals surface area contributed by atoms with Gasteiger partial charge in [0.25, 0.3) is 0 Å². The molecule has 0 saturated heterocycles. The molecule has 0 aliphatic heterocycles. The zero-order valence-corrected chi connectivity index (χ0v) is 13.5. The fraction of sp³-hybridized carbons (Fsp3) is 0.400. The SMILES string of the molecule is CCS(=O)(=O)[C@](Br)(I)[C@H](O)c1ccccc1F. The molecule has 7 heteroatoms. The summed E-state index contributed by atoms with van der Waals surface area (Å²) in [7, 11) is -3.58. The van der Waals surface area contributed by atoms with Gasteiger partial charge in [0.2, 0.25) is 1.66 Å². The van der Waals surface area contributed by atoms with Crippen LogP contribution in [0.2, 0.25) is 0 Å². The van der Waals surface area contributed by atoms with E-state index in [0.29, 0.717) is 0 Å². The third-order valence-electron chi connectivity index (χ3n) is 2.31. The number of benzene rings is 1. The van der Waals surface area contributed by atoms with Crippen molar-refractivity contribution in [2.45, 2.75) is 14.7 Å². The first-order valence-electron chi connectivity index (χ1n) is 4.76. The third kappa shape index (κ3) is 2.99. The van der Waals surface area contributed by atoms with Gasteiger partial charge in [-0.3, -0.25) is 0 Å². The molecule has 2 atom stereocenters. The Hall–Kier alpha value is 0.270. The van der Waals surface area contributed by atoms with Crippen molar-refractivity contribution in [2.75, 3.05) is 5.75 Å². The van der Waals surface area contributed by atoms with Crippen molar-refractivity contribution in [3.05, 3.63) is 35.6 Å². The third-order valence-corrected chi connectivity index (χ3v) is 8.64. The van der Waals surface area contributed by atoms with Crippen LogP contribution in [0.25, 0.3) is 0 Å². The first kappa shape index (κ1) is 15.3. The fourth-order valence-electron chi connectivity index (χ4n) is 1.24. The van der Waals surface area contributed by atoms with E-state index in [0.717, 1.165) is 0 Å². The number of hydrogen-bond acceptors (Lipinski definition) is 3. The topological polar surface area (TPSA) is 54.4 Å². The van der Waals surface area contributed by atoms with E-state index in [1.54, 1.807) is 28.7 Å². The maximum Gasteiger partial charge on any atom is 0.207 e. The van der Waals surface area contributed by atoms with Crippen molar-refractivity contribution in [1.29, 1.82) is 0 Å². The summed E-state index contributed by atoms with van der Waals surface area (Å²) in [6.45, 7) is 1.47. The predicted molar refractivity (Wildman–Crippen MR) is 76.5 cm³/mol. The number of alkyl halides is 2. The molecule has 0 saturated carbocycles. The Labute approximate surface area is 122 Å². The molecule has 1 aromatic carbocycles. The van der Waals surface area contributed by atoms with Crippen molar-refractivity contribution < 1.29 is 17.9 Å². The number of aliphatic hydroxyl groups excluding tert-OH is 1. The van der Waals surface area contributed by atoms with Crippen molar-refractivity contribution in [2.24, 2.45) is 0 Å². The van der Waals surface area contributed by atoms with Crippen molar-refractivity contribution in [1.82, 2.24) is 0 Å². The number of halogens is 3. The van der Waals surface area contributed by atoms with Crippen molar-refractivity contribution >= 4 is 48.4 Å². The molecule has 0 aliphatic carbocycles. The highest BCUT2D eigenvalue weighted by atomic mass is 127. The summed E-state index contributed by atoms with van der Waals surface area (Å²) in [5.41, 5.74) is -0.0456. The van der Waals surface area contributed by atoms with Gasteiger partial charge in [-0.1, -0.05) is 41.1 Å². The van der Waals surface area contributed by atoms with Crippen LogP contribution in [0.15, 0.2) is 24.3 Å². The summed E-state index contributed by atoms with van der Waals surface area (Å²) in [5.74, 6) is -0.779. The molecule has 0 fully saturated rings. The summed E-state index contributed by atoms with van der Waals surface area (Å²) in [4.78, 5) is 0. The van der Waals surface area contributed by atoms with Gasteiger partial charge in [0.1, 0.15) is 11.9 Å². The van der Waals surface area contributed by atoms with E-state index in [1.165, 1.54) is 25.1 Å². The summed E-state index contributed by atoms with van der Waals surface area (Å²) in [5, 5.41) is 10.0. The Bertz CT molecular complexity index is 504. The van der Waals surface area contributed by atoms with Crippen LogP contribution >= 0.6 is 38.5 Å². The van der Waals surface area contributed by atoms with E-state index in [2.05, 4.69) is 15.9 Å². The molecular weight excluding hydrogens is 426 g/mol. The Kier molecular flexibility index (Phi) is 4.96. The van der Waals surface area contributed by atoms with Gasteiger partial charge in [0.05, 0.1) is 0 Å². The lowest BCUT2D eigenvalue weighted by atomic mass is 10.1. The number of rotatable bonds is 4. The molecule has 0 spiro atoms. The number of hydrogen-bond donors (Lipinski definition) is 1. The lowest BCUT2D eigenvalue weighted by molar-refractivity contribution is 0.186. The first-order chi connectivity index (χ1) is 7.74. The van der Waals surface area contributed by atoms with Crippen LogP contribution in [0.4, 0.5) is 4.39 Å². The van der Waals surface area contributed by atoms with Gasteiger partial charge >= 0.3 is 0 Å². The van der Waals surface area contributed by atoms with Crippen molar-refractivity contribution in [3.8, 4) is 0 Å². The average Bonchev–Trinajstić information content (AvgIpc) is 2.28. The largest absolute Gasteiger partial charge is 0.385 e. The van der Waals surface area contributed by atoms with E-state index < -0.39 is 23.4 Å². The molecule has 1 rings (SSSR count). The number of sulfone groups is 1. The van der Waals surface area contributed by atoms with Crippen LogP contribution in [-0.2, 0) is 9.84 Å². The van der Waals surface area contributed by atoms with E-state index >= 15 is 0 Å². The normalized spacial score (nSPS) is 17.5.